The van der Waals surface area contributed by atoms with Gasteiger partial charge in [0, 0.05) is 24.0 Å². The lowest BCUT2D eigenvalue weighted by Crippen LogP contribution is -2.38. The lowest BCUT2D eigenvalue weighted by atomic mass is 9.80. The van der Waals surface area contributed by atoms with Crippen molar-refractivity contribution < 1.29 is 0 Å². The zero-order valence-corrected chi connectivity index (χ0v) is 11.7. The van der Waals surface area contributed by atoms with Crippen LogP contribution in [0.1, 0.15) is 47.0 Å². The molecule has 0 spiro atoms. The number of hydrogen-bond donors (Lipinski definition) is 1. The van der Waals surface area contributed by atoms with Crippen LogP contribution in [0.5, 0.6) is 0 Å². The second kappa shape index (κ2) is 4.75. The van der Waals surface area contributed by atoms with Crippen LogP contribution in [-0.2, 0) is 5.54 Å². The third-order valence-corrected chi connectivity index (χ3v) is 3.78. The molecule has 4 nitrogen and oxygen atoms in total. The van der Waals surface area contributed by atoms with Gasteiger partial charge in [0.25, 0.3) is 5.56 Å². The van der Waals surface area contributed by atoms with Crippen LogP contribution in [0.25, 0.3) is 0 Å². The van der Waals surface area contributed by atoms with E-state index >= 15 is 0 Å². The van der Waals surface area contributed by atoms with Crippen molar-refractivity contribution in [3.8, 4) is 0 Å². The molecule has 1 aliphatic rings. The topological polar surface area (TPSA) is 46.9 Å². The number of hydrogen-bond acceptors (Lipinski definition) is 3. The lowest BCUT2D eigenvalue weighted by molar-refractivity contribution is 0.284. The molecule has 1 fully saturated rings. The zero-order chi connectivity index (χ0) is 13.3. The Morgan fingerprint density at radius 1 is 1.44 bits per heavy atom. The molecule has 0 bridgehead atoms. The first-order valence-corrected chi connectivity index (χ1v) is 6.74. The first-order chi connectivity index (χ1) is 8.39. The number of aromatic nitrogens is 2. The van der Waals surface area contributed by atoms with Crippen molar-refractivity contribution in [3.05, 3.63) is 22.7 Å². The van der Waals surface area contributed by atoms with Crippen molar-refractivity contribution in [2.24, 2.45) is 5.92 Å². The van der Waals surface area contributed by atoms with Gasteiger partial charge in [-0.05, 0) is 46.5 Å². The van der Waals surface area contributed by atoms with Crippen LogP contribution in [0.2, 0.25) is 0 Å². The van der Waals surface area contributed by atoms with E-state index in [2.05, 4.69) is 17.2 Å². The molecule has 1 saturated carbocycles. The Morgan fingerprint density at radius 3 is 2.61 bits per heavy atom. The van der Waals surface area contributed by atoms with Gasteiger partial charge < -0.3 is 9.88 Å². The molecule has 1 unspecified atom stereocenters. The van der Waals surface area contributed by atoms with Crippen LogP contribution in [0.4, 0.5) is 5.82 Å². The minimum atomic E-state index is -0.212. The van der Waals surface area contributed by atoms with Gasteiger partial charge in [-0.15, -0.1) is 0 Å². The number of rotatable bonds is 3. The molecule has 0 aliphatic heterocycles. The Kier molecular flexibility index (Phi) is 3.46. The molecular weight excluding hydrogens is 226 g/mol. The summed E-state index contributed by atoms with van der Waals surface area (Å²) < 4.78 is 1.73. The van der Waals surface area contributed by atoms with Crippen LogP contribution in [0.3, 0.4) is 0 Å². The number of anilines is 1. The Balaban J connectivity index is 2.21. The molecule has 0 aromatic carbocycles. The first kappa shape index (κ1) is 13.1. The molecule has 1 heterocycles. The summed E-state index contributed by atoms with van der Waals surface area (Å²) in [7, 11) is 0. The molecule has 18 heavy (non-hydrogen) atoms. The van der Waals surface area contributed by atoms with E-state index in [0.29, 0.717) is 17.8 Å². The van der Waals surface area contributed by atoms with Crippen molar-refractivity contribution in [1.29, 1.82) is 0 Å². The average molecular weight is 249 g/mol. The minimum absolute atomic E-state index is 0.0313. The zero-order valence-electron chi connectivity index (χ0n) is 11.7. The fourth-order valence-electron chi connectivity index (χ4n) is 2.31. The minimum Gasteiger partial charge on any atom is -0.363 e. The quantitative estimate of drug-likeness (QED) is 0.895. The number of nitrogens with one attached hydrogen (secondary N) is 1. The highest BCUT2D eigenvalue weighted by Gasteiger charge is 2.25. The Labute approximate surface area is 108 Å². The molecule has 1 N–H and O–H groups in total. The van der Waals surface area contributed by atoms with E-state index in [1.165, 1.54) is 19.3 Å². The summed E-state index contributed by atoms with van der Waals surface area (Å²) in [6.07, 6.45) is 7.28. The van der Waals surface area contributed by atoms with Crippen LogP contribution in [0.15, 0.2) is 17.2 Å². The molecule has 100 valence electrons. The third kappa shape index (κ3) is 2.57. The third-order valence-electron chi connectivity index (χ3n) is 3.78. The van der Waals surface area contributed by atoms with E-state index in [1.807, 2.05) is 20.8 Å². The summed E-state index contributed by atoms with van der Waals surface area (Å²) in [5.74, 6) is 1.17. The molecular formula is C14H23N3O. The highest BCUT2D eigenvalue weighted by atomic mass is 16.1. The molecule has 1 aliphatic carbocycles. The fraction of sp³-hybridized carbons (Fsp3) is 0.714. The van der Waals surface area contributed by atoms with Crippen molar-refractivity contribution in [3.63, 3.8) is 0 Å². The maximum absolute atomic E-state index is 12.3. The summed E-state index contributed by atoms with van der Waals surface area (Å²) in [5.41, 5.74) is -0.243. The number of nitrogens with zero attached hydrogens (tertiary/aromatic N) is 2. The van der Waals surface area contributed by atoms with Gasteiger partial charge in [0.1, 0.15) is 0 Å². The largest absolute Gasteiger partial charge is 0.363 e. The van der Waals surface area contributed by atoms with Gasteiger partial charge in [0.05, 0.1) is 0 Å². The van der Waals surface area contributed by atoms with Gasteiger partial charge >= 0.3 is 0 Å². The smallest absolute Gasteiger partial charge is 0.293 e. The van der Waals surface area contributed by atoms with Crippen LogP contribution < -0.4 is 10.9 Å². The molecule has 1 aromatic heterocycles. The normalized spacial score (nSPS) is 18.2. The second-order valence-corrected chi connectivity index (χ2v) is 6.25. The average Bonchev–Trinajstić information content (AvgIpc) is 2.16. The Morgan fingerprint density at radius 2 is 2.11 bits per heavy atom. The molecule has 1 atom stereocenters. The van der Waals surface area contributed by atoms with E-state index in [1.54, 1.807) is 17.0 Å². The highest BCUT2D eigenvalue weighted by Crippen LogP contribution is 2.30. The van der Waals surface area contributed by atoms with E-state index in [0.717, 1.165) is 0 Å². The SMILES string of the molecule is CC(Nc1nccn(C(C)(C)C)c1=O)C1CCC1. The van der Waals surface area contributed by atoms with Crippen molar-refractivity contribution in [2.75, 3.05) is 5.32 Å². The van der Waals surface area contributed by atoms with Crippen molar-refractivity contribution >= 4 is 5.82 Å². The molecule has 1 aromatic rings. The van der Waals surface area contributed by atoms with Crippen LogP contribution in [-0.4, -0.2) is 15.6 Å². The molecule has 4 heteroatoms. The second-order valence-electron chi connectivity index (χ2n) is 6.25. The van der Waals surface area contributed by atoms with E-state index in [-0.39, 0.29) is 11.1 Å². The van der Waals surface area contributed by atoms with Crippen molar-refractivity contribution in [1.82, 2.24) is 9.55 Å². The predicted octanol–water partition coefficient (Wildman–Crippen LogP) is 2.60. The van der Waals surface area contributed by atoms with Gasteiger partial charge in [0.2, 0.25) is 0 Å². The van der Waals surface area contributed by atoms with Crippen molar-refractivity contribution in [2.45, 2.75) is 58.5 Å². The molecule has 0 saturated heterocycles. The maximum Gasteiger partial charge on any atom is 0.293 e. The maximum atomic E-state index is 12.3. The Hall–Kier alpha value is -1.32. The van der Waals surface area contributed by atoms with E-state index in [4.69, 9.17) is 0 Å². The van der Waals surface area contributed by atoms with Gasteiger partial charge in [-0.3, -0.25) is 4.79 Å². The standard InChI is InChI=1S/C14H23N3O/c1-10(11-6-5-7-11)16-12-13(18)17(9-8-15-12)14(2,3)4/h8-11H,5-7H2,1-4H3,(H,15,16). The van der Waals surface area contributed by atoms with Gasteiger partial charge in [-0.1, -0.05) is 6.42 Å². The summed E-state index contributed by atoms with van der Waals surface area (Å²) in [4.78, 5) is 16.5. The molecule has 0 radical (unpaired) electrons. The summed E-state index contributed by atoms with van der Waals surface area (Å²) >= 11 is 0. The Bertz CT molecular complexity index is 469. The van der Waals surface area contributed by atoms with E-state index in [9.17, 15) is 4.79 Å². The van der Waals surface area contributed by atoms with Crippen LogP contribution in [0, 0.1) is 5.92 Å². The highest BCUT2D eigenvalue weighted by molar-refractivity contribution is 5.32. The predicted molar refractivity (Wildman–Crippen MR) is 73.9 cm³/mol. The van der Waals surface area contributed by atoms with Gasteiger partial charge in [0.15, 0.2) is 5.82 Å². The molecule has 2 rings (SSSR count). The van der Waals surface area contributed by atoms with E-state index < -0.39 is 0 Å². The van der Waals surface area contributed by atoms with Gasteiger partial charge in [-0.2, -0.15) is 0 Å². The fourth-order valence-corrected chi connectivity index (χ4v) is 2.31. The van der Waals surface area contributed by atoms with Crippen LogP contribution >= 0.6 is 0 Å². The monoisotopic (exact) mass is 249 g/mol. The molecule has 0 amide bonds. The van der Waals surface area contributed by atoms with Gasteiger partial charge in [-0.25, -0.2) is 4.98 Å². The summed E-state index contributed by atoms with van der Waals surface area (Å²) in [6.45, 7) is 8.20. The lowest BCUT2D eigenvalue weighted by Gasteiger charge is -2.32. The first-order valence-electron chi connectivity index (χ1n) is 6.74. The summed E-state index contributed by atoms with van der Waals surface area (Å²) in [5, 5.41) is 3.28. The summed E-state index contributed by atoms with van der Waals surface area (Å²) in [6, 6.07) is 0.328.